The molecule has 3 aromatic rings. The van der Waals surface area contributed by atoms with Crippen LogP contribution < -0.4 is 20.9 Å². The van der Waals surface area contributed by atoms with E-state index in [9.17, 15) is 19.2 Å². The average molecular weight is 754 g/mol. The maximum absolute atomic E-state index is 13.7. The van der Waals surface area contributed by atoms with Gasteiger partial charge in [-0.2, -0.15) is 0 Å². The average Bonchev–Trinajstić information content (AvgIpc) is 3.57. The summed E-state index contributed by atoms with van der Waals surface area (Å²) in [5, 5.41) is 17.0. The first-order chi connectivity index (χ1) is 25.9. The van der Waals surface area contributed by atoms with E-state index in [2.05, 4.69) is 39.3 Å². The Balaban J connectivity index is 1.05. The summed E-state index contributed by atoms with van der Waals surface area (Å²) in [4.78, 5) is 50.7. The number of rotatable bonds is 23. The van der Waals surface area contributed by atoms with Crippen LogP contribution in [0.2, 0.25) is 0 Å². The molecular formula is C37H51N7O8S. The molecule has 1 aliphatic rings. The molecule has 0 radical (unpaired) electrons. The molecule has 53 heavy (non-hydrogen) atoms. The number of carbonyl (C=O) groups is 4. The number of hydrogen-bond donors (Lipinski definition) is 3. The van der Waals surface area contributed by atoms with E-state index in [4.69, 9.17) is 18.9 Å². The number of anilines is 1. The van der Waals surface area contributed by atoms with Gasteiger partial charge in [0.1, 0.15) is 5.69 Å². The van der Waals surface area contributed by atoms with Crippen molar-refractivity contribution >= 4 is 40.4 Å². The first-order valence-electron chi connectivity index (χ1n) is 18.0. The molecule has 2 aromatic carbocycles. The molecule has 3 N–H and O–H groups in total. The molecule has 288 valence electrons. The summed E-state index contributed by atoms with van der Waals surface area (Å²) in [6, 6.07) is 15.8. The molecule has 1 aromatic heterocycles. The van der Waals surface area contributed by atoms with Crippen molar-refractivity contribution in [2.75, 3.05) is 83.6 Å². The van der Waals surface area contributed by atoms with Crippen molar-refractivity contribution in [2.24, 2.45) is 0 Å². The van der Waals surface area contributed by atoms with Crippen molar-refractivity contribution in [3.8, 4) is 22.5 Å². The highest BCUT2D eigenvalue weighted by Gasteiger charge is 2.28. The van der Waals surface area contributed by atoms with Gasteiger partial charge in [-0.05, 0) is 24.3 Å². The number of nitrogens with zero attached hydrogens (tertiary/aromatic N) is 4. The molecule has 4 amide bonds. The van der Waals surface area contributed by atoms with Crippen LogP contribution in [0.5, 0.6) is 0 Å². The minimum atomic E-state index is -0.191. The van der Waals surface area contributed by atoms with E-state index in [1.54, 1.807) is 11.2 Å². The number of para-hydroxylation sites is 1. The summed E-state index contributed by atoms with van der Waals surface area (Å²) in [5.41, 5.74) is 5.32. The fourth-order valence-electron chi connectivity index (χ4n) is 5.57. The van der Waals surface area contributed by atoms with Crippen molar-refractivity contribution in [1.29, 1.82) is 0 Å². The van der Waals surface area contributed by atoms with E-state index >= 15 is 0 Å². The normalized spacial score (nSPS) is 11.8. The number of carbonyl (C=O) groups excluding carboxylic acids is 4. The van der Waals surface area contributed by atoms with E-state index in [0.717, 1.165) is 58.5 Å². The van der Waals surface area contributed by atoms with E-state index in [1.807, 2.05) is 47.1 Å². The van der Waals surface area contributed by atoms with Crippen LogP contribution in [-0.4, -0.2) is 117 Å². The number of aryl methyl sites for hydroxylation is 1. The van der Waals surface area contributed by atoms with E-state index in [0.29, 0.717) is 65.9 Å². The minimum absolute atomic E-state index is 0.102. The van der Waals surface area contributed by atoms with Gasteiger partial charge in [0.2, 0.25) is 17.7 Å². The lowest BCUT2D eigenvalue weighted by molar-refractivity contribution is -0.123. The quantitative estimate of drug-likeness (QED) is 0.121. The molecule has 0 atom stereocenters. The number of hydrogen-bond acceptors (Lipinski definition) is 11. The molecule has 0 unspecified atom stereocenters. The third kappa shape index (κ3) is 13.5. The van der Waals surface area contributed by atoms with Crippen LogP contribution in [0.1, 0.15) is 38.2 Å². The van der Waals surface area contributed by atoms with Crippen molar-refractivity contribution in [1.82, 2.24) is 30.9 Å². The number of nitrogens with one attached hydrogen (secondary N) is 3. The fourth-order valence-corrected chi connectivity index (χ4v) is 5.81. The number of fused-ring (bicyclic) bond motifs is 5. The van der Waals surface area contributed by atoms with Crippen LogP contribution in [0.3, 0.4) is 0 Å². The van der Waals surface area contributed by atoms with Gasteiger partial charge in [-0.15, -0.1) is 5.10 Å². The highest BCUT2D eigenvalue weighted by molar-refractivity contribution is 8.12. The Bertz CT molecular complexity index is 1620. The van der Waals surface area contributed by atoms with Crippen LogP contribution in [0, 0.1) is 0 Å². The zero-order valence-corrected chi connectivity index (χ0v) is 31.4. The lowest BCUT2D eigenvalue weighted by atomic mass is 9.95. The fraction of sp³-hybridized carbons (Fsp3) is 0.514. The maximum Gasteiger partial charge on any atom is 0.278 e. The predicted molar refractivity (Wildman–Crippen MR) is 202 cm³/mol. The van der Waals surface area contributed by atoms with Gasteiger partial charge in [0.25, 0.3) is 5.24 Å². The van der Waals surface area contributed by atoms with Gasteiger partial charge in [-0.25, -0.2) is 4.68 Å². The molecule has 4 rings (SSSR count). The molecular weight excluding hydrogens is 703 g/mol. The van der Waals surface area contributed by atoms with Gasteiger partial charge in [-0.1, -0.05) is 66.4 Å². The van der Waals surface area contributed by atoms with Gasteiger partial charge in [-0.3, -0.25) is 19.2 Å². The van der Waals surface area contributed by atoms with E-state index in [-0.39, 0.29) is 55.4 Å². The highest BCUT2D eigenvalue weighted by Crippen LogP contribution is 2.41. The maximum atomic E-state index is 13.7. The van der Waals surface area contributed by atoms with Gasteiger partial charge >= 0.3 is 0 Å². The largest absolute Gasteiger partial charge is 0.379 e. The second kappa shape index (κ2) is 23.3. The molecule has 0 saturated carbocycles. The third-order valence-corrected chi connectivity index (χ3v) is 8.66. The Labute approximate surface area is 314 Å². The molecule has 2 heterocycles. The molecule has 0 bridgehead atoms. The first-order valence-corrected chi connectivity index (χ1v) is 19.2. The van der Waals surface area contributed by atoms with Crippen LogP contribution in [0.4, 0.5) is 10.5 Å². The molecule has 16 heteroatoms. The molecule has 0 saturated heterocycles. The molecule has 0 aliphatic carbocycles. The van der Waals surface area contributed by atoms with Crippen molar-refractivity contribution in [3.05, 3.63) is 54.1 Å². The monoisotopic (exact) mass is 753 g/mol. The van der Waals surface area contributed by atoms with Gasteiger partial charge < -0.3 is 39.8 Å². The van der Waals surface area contributed by atoms with Crippen LogP contribution >= 0.6 is 11.8 Å². The summed E-state index contributed by atoms with van der Waals surface area (Å²) in [6.07, 6.45) is 3.13. The lowest BCUT2D eigenvalue weighted by Gasteiger charge is -2.28. The van der Waals surface area contributed by atoms with Gasteiger partial charge in [0.05, 0.1) is 70.8 Å². The predicted octanol–water partition coefficient (Wildman–Crippen LogP) is 3.41. The minimum Gasteiger partial charge on any atom is -0.379 e. The van der Waals surface area contributed by atoms with Crippen molar-refractivity contribution < 1.29 is 38.1 Å². The standard InChI is InChI=1S/C37H51N7O8S/c1-3-18-44-36-29-9-5-4-8-28(29)27-43(31-11-7-6-10-30(31)35(36)41-42-44)34(47)13-16-38-33(46)14-19-49-21-23-51-25-26-52-24-22-50-20-17-39-32(45)12-15-40-37(48)53-2/h4-11H,3,12-27H2,1-2H3,(H,38,46)(H,39,45)(H,40,48). The topological polar surface area (TPSA) is 175 Å². The third-order valence-electron chi connectivity index (χ3n) is 8.15. The number of benzene rings is 2. The van der Waals surface area contributed by atoms with E-state index in [1.165, 1.54) is 0 Å². The Morgan fingerprint density at radius 2 is 1.32 bits per heavy atom. The number of amides is 4. The number of aromatic nitrogens is 3. The highest BCUT2D eigenvalue weighted by atomic mass is 32.2. The zero-order chi connectivity index (χ0) is 37.7. The summed E-state index contributed by atoms with van der Waals surface area (Å²) in [6.45, 7) is 7.04. The molecule has 15 nitrogen and oxygen atoms in total. The molecule has 1 aliphatic heterocycles. The Morgan fingerprint density at radius 3 is 2.04 bits per heavy atom. The van der Waals surface area contributed by atoms with Crippen molar-refractivity contribution in [3.63, 3.8) is 0 Å². The summed E-state index contributed by atoms with van der Waals surface area (Å²) < 4.78 is 23.8. The second-order valence-corrected chi connectivity index (χ2v) is 12.8. The first kappa shape index (κ1) is 41.4. The SMILES string of the molecule is CCCn1nnc2c1-c1ccccc1CN(C(=O)CCNC(=O)CCOCCOCCOCCOCCNC(=O)CCNC(=O)SC)c1ccccc1-2. The summed E-state index contributed by atoms with van der Waals surface area (Å²) >= 11 is 1.07. The van der Waals surface area contributed by atoms with Crippen LogP contribution in [-0.2, 0) is 46.4 Å². The van der Waals surface area contributed by atoms with Crippen LogP contribution in [0.15, 0.2) is 48.5 Å². The lowest BCUT2D eigenvalue weighted by Crippen LogP contribution is -2.35. The number of ether oxygens (including phenoxy) is 4. The van der Waals surface area contributed by atoms with E-state index < -0.39 is 0 Å². The smallest absolute Gasteiger partial charge is 0.278 e. The van der Waals surface area contributed by atoms with Crippen LogP contribution in [0.25, 0.3) is 22.5 Å². The van der Waals surface area contributed by atoms with Gasteiger partial charge in [0, 0.05) is 56.6 Å². The Morgan fingerprint density at radius 1 is 0.717 bits per heavy atom. The Hall–Kier alpha value is -4.35. The Kier molecular flexibility index (Phi) is 18.2. The molecule has 0 fully saturated rings. The van der Waals surface area contributed by atoms with Crippen molar-refractivity contribution in [2.45, 2.75) is 45.7 Å². The number of thioether (sulfide) groups is 1. The summed E-state index contributed by atoms with van der Waals surface area (Å²) in [7, 11) is 0. The zero-order valence-electron chi connectivity index (χ0n) is 30.6. The van der Waals surface area contributed by atoms with Gasteiger partial charge in [0.15, 0.2) is 0 Å². The summed E-state index contributed by atoms with van der Waals surface area (Å²) in [5.74, 6) is -0.440. The second-order valence-electron chi connectivity index (χ2n) is 12.0. The molecule has 0 spiro atoms.